The summed E-state index contributed by atoms with van der Waals surface area (Å²) in [4.78, 5) is 0. The van der Waals surface area contributed by atoms with Crippen molar-refractivity contribution < 1.29 is 5.11 Å². The van der Waals surface area contributed by atoms with Crippen LogP contribution in [0.2, 0.25) is 0 Å². The highest BCUT2D eigenvalue weighted by Crippen LogP contribution is 2.34. The van der Waals surface area contributed by atoms with Gasteiger partial charge < -0.3 is 5.11 Å². The lowest BCUT2D eigenvalue weighted by atomic mass is 9.88. The summed E-state index contributed by atoms with van der Waals surface area (Å²) < 4.78 is 0. The molecule has 0 amide bonds. The molecule has 82 valence electrons. The molecule has 1 aliphatic carbocycles. The predicted molar refractivity (Wildman–Crippen MR) is 62.7 cm³/mol. The summed E-state index contributed by atoms with van der Waals surface area (Å²) in [6.45, 7) is 4.51. The average molecular weight is 204 g/mol. The Balaban J connectivity index is 2.24. The van der Waals surface area contributed by atoms with E-state index < -0.39 is 0 Å². The number of aliphatic hydroxyl groups is 1. The second-order valence-electron chi connectivity index (χ2n) is 4.99. The molecule has 0 saturated carbocycles. The molecule has 0 aromatic heterocycles. The minimum Gasteiger partial charge on any atom is -0.388 e. The Morgan fingerprint density at radius 2 is 2.00 bits per heavy atom. The Kier molecular flexibility index (Phi) is 3.11. The largest absolute Gasteiger partial charge is 0.388 e. The van der Waals surface area contributed by atoms with E-state index in [2.05, 4.69) is 32.0 Å². The van der Waals surface area contributed by atoms with Crippen molar-refractivity contribution in [3.63, 3.8) is 0 Å². The van der Waals surface area contributed by atoms with Gasteiger partial charge in [-0.15, -0.1) is 0 Å². The minimum atomic E-state index is -0.254. The van der Waals surface area contributed by atoms with Crippen LogP contribution < -0.4 is 0 Å². The summed E-state index contributed by atoms with van der Waals surface area (Å²) in [5.74, 6) is 1.33. The maximum absolute atomic E-state index is 10.2. The minimum absolute atomic E-state index is 0.254. The molecule has 0 fully saturated rings. The lowest BCUT2D eigenvalue weighted by Gasteiger charge is -2.20. The molecule has 1 aromatic carbocycles. The van der Waals surface area contributed by atoms with Crippen molar-refractivity contribution in [1.82, 2.24) is 0 Å². The zero-order chi connectivity index (χ0) is 10.8. The number of benzene rings is 1. The van der Waals surface area contributed by atoms with E-state index in [0.29, 0.717) is 11.8 Å². The van der Waals surface area contributed by atoms with Crippen LogP contribution in [0, 0.1) is 11.8 Å². The highest BCUT2D eigenvalue weighted by Gasteiger charge is 2.24. The molecule has 15 heavy (non-hydrogen) atoms. The van der Waals surface area contributed by atoms with Gasteiger partial charge in [0, 0.05) is 0 Å². The summed E-state index contributed by atoms with van der Waals surface area (Å²) in [5, 5.41) is 10.2. The fourth-order valence-corrected chi connectivity index (χ4v) is 2.56. The van der Waals surface area contributed by atoms with Crippen LogP contribution in [0.4, 0.5) is 0 Å². The topological polar surface area (TPSA) is 20.2 Å². The van der Waals surface area contributed by atoms with Crippen molar-refractivity contribution in [3.8, 4) is 0 Å². The third-order valence-corrected chi connectivity index (χ3v) is 3.67. The Hall–Kier alpha value is -0.820. The molecule has 2 atom stereocenters. The third-order valence-electron chi connectivity index (χ3n) is 3.67. The maximum atomic E-state index is 10.2. The molecule has 0 bridgehead atoms. The smallest absolute Gasteiger partial charge is 0.0795 e. The van der Waals surface area contributed by atoms with E-state index in [1.807, 2.05) is 6.07 Å². The number of aliphatic hydroxyl groups excluding tert-OH is 1. The zero-order valence-corrected chi connectivity index (χ0v) is 9.61. The molecule has 1 N–H and O–H groups in total. The first kappa shape index (κ1) is 10.7. The van der Waals surface area contributed by atoms with Gasteiger partial charge in [0.2, 0.25) is 0 Å². The second kappa shape index (κ2) is 4.36. The van der Waals surface area contributed by atoms with E-state index in [1.165, 1.54) is 12.0 Å². The summed E-state index contributed by atoms with van der Waals surface area (Å²) in [7, 11) is 0. The molecule has 0 saturated heterocycles. The molecular weight excluding hydrogens is 184 g/mol. The Labute approximate surface area is 92.1 Å². The zero-order valence-electron chi connectivity index (χ0n) is 9.61. The standard InChI is InChI=1S/C14H20O/c1-10(2)12-8-7-11-5-3-4-6-13(11)14(15)9-12/h3-6,10,12,14-15H,7-9H2,1-2H3/t12-,14?/m0/s1. The molecule has 0 heterocycles. The van der Waals surface area contributed by atoms with Gasteiger partial charge in [-0.3, -0.25) is 0 Å². The van der Waals surface area contributed by atoms with Crippen molar-refractivity contribution in [2.45, 2.75) is 39.2 Å². The molecule has 2 rings (SSSR count). The van der Waals surface area contributed by atoms with Crippen LogP contribution in [-0.2, 0) is 6.42 Å². The van der Waals surface area contributed by atoms with Gasteiger partial charge in [0.25, 0.3) is 0 Å². The molecule has 1 unspecified atom stereocenters. The van der Waals surface area contributed by atoms with Crippen molar-refractivity contribution in [1.29, 1.82) is 0 Å². The summed E-state index contributed by atoms with van der Waals surface area (Å²) >= 11 is 0. The van der Waals surface area contributed by atoms with Crippen LogP contribution in [0.25, 0.3) is 0 Å². The molecule has 0 radical (unpaired) electrons. The van der Waals surface area contributed by atoms with Gasteiger partial charge in [0.1, 0.15) is 0 Å². The molecular formula is C14H20O. The lowest BCUT2D eigenvalue weighted by molar-refractivity contribution is 0.132. The van der Waals surface area contributed by atoms with Gasteiger partial charge in [-0.25, -0.2) is 0 Å². The number of aryl methyl sites for hydroxylation is 1. The average Bonchev–Trinajstić information content (AvgIpc) is 2.39. The van der Waals surface area contributed by atoms with Crippen LogP contribution in [0.1, 0.15) is 43.9 Å². The number of hydrogen-bond acceptors (Lipinski definition) is 1. The van der Waals surface area contributed by atoms with E-state index in [1.54, 1.807) is 0 Å². The molecule has 1 heteroatoms. The molecule has 1 nitrogen and oxygen atoms in total. The van der Waals surface area contributed by atoms with Crippen LogP contribution in [-0.4, -0.2) is 5.11 Å². The van der Waals surface area contributed by atoms with Gasteiger partial charge in [0.05, 0.1) is 6.10 Å². The lowest BCUT2D eigenvalue weighted by Crippen LogP contribution is -2.11. The fraction of sp³-hybridized carbons (Fsp3) is 0.571. The Bertz CT molecular complexity index is 330. The van der Waals surface area contributed by atoms with E-state index in [-0.39, 0.29) is 6.10 Å². The van der Waals surface area contributed by atoms with E-state index in [0.717, 1.165) is 18.4 Å². The normalized spacial score (nSPS) is 26.1. The van der Waals surface area contributed by atoms with Crippen molar-refractivity contribution in [2.24, 2.45) is 11.8 Å². The molecule has 1 aliphatic rings. The number of hydrogen-bond donors (Lipinski definition) is 1. The first-order valence-electron chi connectivity index (χ1n) is 5.94. The fourth-order valence-electron chi connectivity index (χ4n) is 2.56. The monoisotopic (exact) mass is 204 g/mol. The SMILES string of the molecule is CC(C)[C@H]1CCc2ccccc2C(O)C1. The van der Waals surface area contributed by atoms with Gasteiger partial charge in [-0.1, -0.05) is 38.1 Å². The summed E-state index contributed by atoms with van der Waals surface area (Å²) in [6, 6.07) is 8.32. The van der Waals surface area contributed by atoms with E-state index in [4.69, 9.17) is 0 Å². The Morgan fingerprint density at radius 3 is 2.73 bits per heavy atom. The first-order chi connectivity index (χ1) is 7.18. The Morgan fingerprint density at radius 1 is 1.27 bits per heavy atom. The number of fused-ring (bicyclic) bond motifs is 1. The third kappa shape index (κ3) is 2.23. The highest BCUT2D eigenvalue weighted by molar-refractivity contribution is 5.30. The van der Waals surface area contributed by atoms with Gasteiger partial charge >= 0.3 is 0 Å². The molecule has 1 aromatic rings. The maximum Gasteiger partial charge on any atom is 0.0795 e. The quantitative estimate of drug-likeness (QED) is 0.696. The van der Waals surface area contributed by atoms with Crippen LogP contribution in [0.5, 0.6) is 0 Å². The van der Waals surface area contributed by atoms with Crippen molar-refractivity contribution >= 4 is 0 Å². The van der Waals surface area contributed by atoms with Crippen LogP contribution in [0.3, 0.4) is 0 Å². The predicted octanol–water partition coefficient (Wildman–Crippen LogP) is 3.33. The summed E-state index contributed by atoms with van der Waals surface area (Å²) in [6.07, 6.45) is 3.01. The van der Waals surface area contributed by atoms with Crippen molar-refractivity contribution in [2.75, 3.05) is 0 Å². The number of rotatable bonds is 1. The van der Waals surface area contributed by atoms with E-state index >= 15 is 0 Å². The van der Waals surface area contributed by atoms with Crippen molar-refractivity contribution in [3.05, 3.63) is 35.4 Å². The van der Waals surface area contributed by atoms with Gasteiger partial charge in [-0.05, 0) is 42.2 Å². The first-order valence-corrected chi connectivity index (χ1v) is 5.94. The molecule has 0 aliphatic heterocycles. The molecule has 0 spiro atoms. The summed E-state index contributed by atoms with van der Waals surface area (Å²) in [5.41, 5.74) is 2.49. The van der Waals surface area contributed by atoms with Gasteiger partial charge in [0.15, 0.2) is 0 Å². The van der Waals surface area contributed by atoms with E-state index in [9.17, 15) is 5.11 Å². The van der Waals surface area contributed by atoms with Crippen LogP contribution in [0.15, 0.2) is 24.3 Å². The second-order valence-corrected chi connectivity index (χ2v) is 4.99. The van der Waals surface area contributed by atoms with Crippen LogP contribution >= 0.6 is 0 Å². The van der Waals surface area contributed by atoms with Gasteiger partial charge in [-0.2, -0.15) is 0 Å². The highest BCUT2D eigenvalue weighted by atomic mass is 16.3.